The van der Waals surface area contributed by atoms with Crippen molar-refractivity contribution in [1.29, 1.82) is 0 Å². The molecule has 1 saturated carbocycles. The van der Waals surface area contributed by atoms with Gasteiger partial charge in [-0.3, -0.25) is 4.79 Å². The van der Waals surface area contributed by atoms with E-state index in [1.54, 1.807) is 4.90 Å². The Morgan fingerprint density at radius 1 is 1.26 bits per heavy atom. The Morgan fingerprint density at radius 3 is 2.32 bits per heavy atom. The van der Waals surface area contributed by atoms with Gasteiger partial charge in [0.2, 0.25) is 0 Å². The van der Waals surface area contributed by atoms with Crippen molar-refractivity contribution in [3.05, 3.63) is 0 Å². The second kappa shape index (κ2) is 5.80. The van der Waals surface area contributed by atoms with Gasteiger partial charge < -0.3 is 14.9 Å². The predicted octanol–water partition coefficient (Wildman–Crippen LogP) is 2.02. The Labute approximate surface area is 114 Å². The summed E-state index contributed by atoms with van der Waals surface area (Å²) in [5.41, 5.74) is 0. The monoisotopic (exact) mass is 268 g/mol. The Balaban J connectivity index is 1.94. The lowest BCUT2D eigenvalue weighted by Gasteiger charge is -2.31. The summed E-state index contributed by atoms with van der Waals surface area (Å²) in [5, 5.41) is 8.77. The number of fused-ring (bicyclic) bond motifs is 1. The summed E-state index contributed by atoms with van der Waals surface area (Å²) in [6.07, 6.45) is 3.80. The number of urea groups is 1. The minimum atomic E-state index is -0.850. The number of nitrogens with zero attached hydrogens (tertiary/aromatic N) is 2. The molecular weight excluding hydrogens is 244 g/mol. The summed E-state index contributed by atoms with van der Waals surface area (Å²) in [6.45, 7) is 5.91. The SMILES string of the molecule is CC(C)N(CCC(=O)O)C(=O)N1CC2CCCC2C1. The Bertz CT molecular complexity index is 345. The molecule has 0 bridgehead atoms. The molecule has 0 spiro atoms. The van der Waals surface area contributed by atoms with Crippen LogP contribution in [0.3, 0.4) is 0 Å². The van der Waals surface area contributed by atoms with Crippen LogP contribution in [0.25, 0.3) is 0 Å². The molecule has 1 saturated heterocycles. The molecule has 0 radical (unpaired) electrons. The summed E-state index contributed by atoms with van der Waals surface area (Å²) in [5.74, 6) is 0.506. The van der Waals surface area contributed by atoms with Crippen LogP contribution in [0.15, 0.2) is 0 Å². The zero-order valence-electron chi connectivity index (χ0n) is 11.8. The number of carboxylic acids is 1. The number of carbonyl (C=O) groups is 2. The van der Waals surface area contributed by atoms with Gasteiger partial charge in [0.15, 0.2) is 0 Å². The lowest BCUT2D eigenvalue weighted by atomic mass is 10.0. The highest BCUT2D eigenvalue weighted by Gasteiger charge is 2.39. The van der Waals surface area contributed by atoms with Crippen LogP contribution in [0.4, 0.5) is 4.79 Å². The molecule has 2 aliphatic rings. The Hall–Kier alpha value is -1.26. The molecule has 1 heterocycles. The molecule has 108 valence electrons. The maximum atomic E-state index is 12.5. The average molecular weight is 268 g/mol. The fourth-order valence-electron chi connectivity index (χ4n) is 3.36. The molecule has 0 aromatic carbocycles. The Morgan fingerprint density at radius 2 is 1.84 bits per heavy atom. The third kappa shape index (κ3) is 3.19. The van der Waals surface area contributed by atoms with E-state index in [0.717, 1.165) is 13.1 Å². The van der Waals surface area contributed by atoms with Gasteiger partial charge >= 0.3 is 12.0 Å². The molecular formula is C14H24N2O3. The second-order valence-corrected chi connectivity index (χ2v) is 6.07. The van der Waals surface area contributed by atoms with Gasteiger partial charge in [-0.05, 0) is 38.5 Å². The first-order valence-corrected chi connectivity index (χ1v) is 7.26. The van der Waals surface area contributed by atoms with Gasteiger partial charge in [0, 0.05) is 25.7 Å². The summed E-state index contributed by atoms with van der Waals surface area (Å²) in [6, 6.07) is 0.0675. The van der Waals surface area contributed by atoms with E-state index in [1.807, 2.05) is 18.7 Å². The highest BCUT2D eigenvalue weighted by molar-refractivity contribution is 5.76. The minimum absolute atomic E-state index is 0.0185. The molecule has 0 aromatic heterocycles. The van der Waals surface area contributed by atoms with Gasteiger partial charge in [0.05, 0.1) is 6.42 Å². The fraction of sp³-hybridized carbons (Fsp3) is 0.857. The molecule has 5 nitrogen and oxygen atoms in total. The number of hydrogen-bond donors (Lipinski definition) is 1. The number of aliphatic carboxylic acids is 1. The quantitative estimate of drug-likeness (QED) is 0.848. The van der Waals surface area contributed by atoms with E-state index < -0.39 is 5.97 Å². The number of hydrogen-bond acceptors (Lipinski definition) is 2. The van der Waals surface area contributed by atoms with E-state index in [2.05, 4.69) is 0 Å². The maximum Gasteiger partial charge on any atom is 0.320 e. The molecule has 0 aromatic rings. The number of rotatable bonds is 4. The summed E-state index contributed by atoms with van der Waals surface area (Å²) >= 11 is 0. The lowest BCUT2D eigenvalue weighted by Crippen LogP contribution is -2.46. The molecule has 2 unspecified atom stereocenters. The van der Waals surface area contributed by atoms with Crippen LogP contribution >= 0.6 is 0 Å². The molecule has 1 aliphatic heterocycles. The van der Waals surface area contributed by atoms with Crippen LogP contribution < -0.4 is 0 Å². The van der Waals surface area contributed by atoms with Crippen molar-refractivity contribution in [3.8, 4) is 0 Å². The summed E-state index contributed by atoms with van der Waals surface area (Å²) in [7, 11) is 0. The zero-order chi connectivity index (χ0) is 14.0. The number of amides is 2. The normalized spacial score (nSPS) is 25.7. The highest BCUT2D eigenvalue weighted by atomic mass is 16.4. The first kappa shape index (κ1) is 14.2. The van der Waals surface area contributed by atoms with Gasteiger partial charge in [0.1, 0.15) is 0 Å². The van der Waals surface area contributed by atoms with Crippen LogP contribution in [0.2, 0.25) is 0 Å². The fourth-order valence-corrected chi connectivity index (χ4v) is 3.36. The van der Waals surface area contributed by atoms with Crippen molar-refractivity contribution in [3.63, 3.8) is 0 Å². The van der Waals surface area contributed by atoms with E-state index in [9.17, 15) is 9.59 Å². The number of likely N-dealkylation sites (tertiary alicyclic amines) is 1. The second-order valence-electron chi connectivity index (χ2n) is 6.07. The van der Waals surface area contributed by atoms with Crippen LogP contribution in [0.1, 0.15) is 39.5 Å². The van der Waals surface area contributed by atoms with Crippen molar-refractivity contribution in [2.24, 2.45) is 11.8 Å². The molecule has 5 heteroatoms. The van der Waals surface area contributed by atoms with Crippen LogP contribution in [-0.2, 0) is 4.79 Å². The van der Waals surface area contributed by atoms with Crippen molar-refractivity contribution in [2.75, 3.05) is 19.6 Å². The largest absolute Gasteiger partial charge is 0.481 e. The van der Waals surface area contributed by atoms with Gasteiger partial charge in [-0.25, -0.2) is 4.79 Å². The predicted molar refractivity (Wildman–Crippen MR) is 71.9 cm³/mol. The van der Waals surface area contributed by atoms with Crippen LogP contribution in [0.5, 0.6) is 0 Å². The van der Waals surface area contributed by atoms with Crippen LogP contribution in [-0.4, -0.2) is 52.6 Å². The molecule has 1 aliphatic carbocycles. The topological polar surface area (TPSA) is 60.9 Å². The minimum Gasteiger partial charge on any atom is -0.481 e. The molecule has 1 N–H and O–H groups in total. The lowest BCUT2D eigenvalue weighted by molar-refractivity contribution is -0.137. The van der Waals surface area contributed by atoms with Crippen molar-refractivity contribution < 1.29 is 14.7 Å². The summed E-state index contributed by atoms with van der Waals surface area (Å²) in [4.78, 5) is 26.8. The summed E-state index contributed by atoms with van der Waals surface area (Å²) < 4.78 is 0. The molecule has 2 rings (SSSR count). The average Bonchev–Trinajstić information content (AvgIpc) is 2.87. The van der Waals surface area contributed by atoms with E-state index in [0.29, 0.717) is 18.4 Å². The van der Waals surface area contributed by atoms with Crippen molar-refractivity contribution in [1.82, 2.24) is 9.80 Å². The van der Waals surface area contributed by atoms with Gasteiger partial charge in [-0.1, -0.05) is 6.42 Å². The van der Waals surface area contributed by atoms with E-state index in [4.69, 9.17) is 5.11 Å². The van der Waals surface area contributed by atoms with E-state index >= 15 is 0 Å². The van der Waals surface area contributed by atoms with Crippen molar-refractivity contribution >= 4 is 12.0 Å². The molecule has 2 fully saturated rings. The Kier molecular flexibility index (Phi) is 4.32. The van der Waals surface area contributed by atoms with E-state index in [-0.39, 0.29) is 18.5 Å². The standard InChI is InChI=1S/C14H24N2O3/c1-10(2)16(7-6-13(17)18)14(19)15-8-11-4-3-5-12(11)9-15/h10-12H,3-9H2,1-2H3,(H,17,18). The van der Waals surface area contributed by atoms with E-state index in [1.165, 1.54) is 19.3 Å². The molecule has 2 amide bonds. The smallest absolute Gasteiger partial charge is 0.320 e. The highest BCUT2D eigenvalue weighted by Crippen LogP contribution is 2.38. The first-order valence-electron chi connectivity index (χ1n) is 7.26. The maximum absolute atomic E-state index is 12.5. The molecule has 2 atom stereocenters. The van der Waals surface area contributed by atoms with Crippen LogP contribution in [0, 0.1) is 11.8 Å². The van der Waals surface area contributed by atoms with Gasteiger partial charge in [-0.2, -0.15) is 0 Å². The first-order chi connectivity index (χ1) is 8.99. The number of carboxylic acid groups (broad SMARTS) is 1. The van der Waals surface area contributed by atoms with Gasteiger partial charge in [0.25, 0.3) is 0 Å². The van der Waals surface area contributed by atoms with Gasteiger partial charge in [-0.15, -0.1) is 0 Å². The zero-order valence-corrected chi connectivity index (χ0v) is 11.8. The third-order valence-electron chi connectivity index (χ3n) is 4.43. The van der Waals surface area contributed by atoms with Crippen molar-refractivity contribution in [2.45, 2.75) is 45.6 Å². The molecule has 19 heavy (non-hydrogen) atoms. The third-order valence-corrected chi connectivity index (χ3v) is 4.43. The number of carbonyl (C=O) groups excluding carboxylic acids is 1.